The van der Waals surface area contributed by atoms with Gasteiger partial charge in [0.25, 0.3) is 0 Å². The average Bonchev–Trinajstić information content (AvgIpc) is 2.61. The van der Waals surface area contributed by atoms with Gasteiger partial charge in [0.2, 0.25) is 0 Å². The van der Waals surface area contributed by atoms with Gasteiger partial charge in [0.1, 0.15) is 0 Å². The molecule has 0 spiro atoms. The second-order valence-corrected chi connectivity index (χ2v) is 6.48. The first-order valence-corrected chi connectivity index (χ1v) is 10.5. The number of hydrogen-bond donors (Lipinski definition) is 0. The molecule has 0 radical (unpaired) electrons. The standard InChI is InChI=1S/C7H14O2.C6H12O2.C5H10O2.C4H8O2/c1-6(2)4-5-9-7(3)8;1-3-4-5-8-6(2)7;1-3-4-7-5(2)6;1-3-6-4(2)5/h6H,4-5H2,1-3H3;3-5H2,1-2H3;3-4H2,1-2H3;3H2,1-2H3. The number of ether oxygens (including phenoxy) is 4. The lowest BCUT2D eigenvalue weighted by atomic mass is 10.1. The molecule has 0 aromatic carbocycles. The fraction of sp³-hybridized carbons (Fsp3) is 0.818. The molecule has 0 saturated heterocycles. The monoisotopic (exact) mass is 436 g/mol. The minimum Gasteiger partial charge on any atom is -0.466 e. The zero-order chi connectivity index (χ0) is 24.4. The molecule has 8 heteroatoms. The normalized spacial score (nSPS) is 8.73. The lowest BCUT2D eigenvalue weighted by molar-refractivity contribution is -0.142. The Hall–Kier alpha value is -2.12. The van der Waals surface area contributed by atoms with Crippen LogP contribution in [0.4, 0.5) is 0 Å². The van der Waals surface area contributed by atoms with E-state index in [4.69, 9.17) is 4.74 Å². The van der Waals surface area contributed by atoms with E-state index in [-0.39, 0.29) is 23.9 Å². The maximum atomic E-state index is 10.2. The van der Waals surface area contributed by atoms with Crippen LogP contribution in [0.1, 0.15) is 88.0 Å². The number of hydrogen-bond acceptors (Lipinski definition) is 8. The molecule has 30 heavy (non-hydrogen) atoms. The van der Waals surface area contributed by atoms with Crippen LogP contribution in [0, 0.1) is 5.92 Å². The SMILES string of the molecule is CC(=O)OCCC(C)C.CCCCOC(C)=O.CCCOC(C)=O.CCOC(C)=O. The van der Waals surface area contributed by atoms with E-state index in [2.05, 4.69) is 35.0 Å². The van der Waals surface area contributed by atoms with Crippen LogP contribution in [0.3, 0.4) is 0 Å². The van der Waals surface area contributed by atoms with E-state index in [9.17, 15) is 19.2 Å². The molecule has 0 aromatic heterocycles. The summed E-state index contributed by atoms with van der Waals surface area (Å²) >= 11 is 0. The summed E-state index contributed by atoms with van der Waals surface area (Å²) in [5, 5.41) is 0. The second-order valence-electron chi connectivity index (χ2n) is 6.48. The molecule has 0 saturated carbocycles. The lowest BCUT2D eigenvalue weighted by Gasteiger charge is -2.02. The highest BCUT2D eigenvalue weighted by atomic mass is 16.5. The summed E-state index contributed by atoms with van der Waals surface area (Å²) < 4.78 is 18.3. The first-order valence-electron chi connectivity index (χ1n) is 10.5. The van der Waals surface area contributed by atoms with Crippen molar-refractivity contribution in [2.75, 3.05) is 26.4 Å². The van der Waals surface area contributed by atoms with Crippen LogP contribution in [0.2, 0.25) is 0 Å². The lowest BCUT2D eigenvalue weighted by Crippen LogP contribution is -2.02. The van der Waals surface area contributed by atoms with Crippen LogP contribution in [0.15, 0.2) is 0 Å². The van der Waals surface area contributed by atoms with Crippen LogP contribution in [-0.2, 0) is 38.1 Å². The molecule has 0 unspecified atom stereocenters. The zero-order valence-corrected chi connectivity index (χ0v) is 20.5. The van der Waals surface area contributed by atoms with Gasteiger partial charge in [-0.25, -0.2) is 0 Å². The molecule has 0 aliphatic carbocycles. The molecule has 0 amide bonds. The number of esters is 4. The summed E-state index contributed by atoms with van der Waals surface area (Å²) in [6.45, 7) is 17.8. The summed E-state index contributed by atoms with van der Waals surface area (Å²) in [7, 11) is 0. The molecule has 0 bridgehead atoms. The Labute approximate surface area is 183 Å². The van der Waals surface area contributed by atoms with Gasteiger partial charge in [-0.05, 0) is 32.1 Å². The summed E-state index contributed by atoms with van der Waals surface area (Å²) in [6, 6.07) is 0. The highest BCUT2D eigenvalue weighted by Crippen LogP contribution is 1.98. The topological polar surface area (TPSA) is 105 Å². The minimum absolute atomic E-state index is 0.182. The zero-order valence-electron chi connectivity index (χ0n) is 20.5. The van der Waals surface area contributed by atoms with Gasteiger partial charge < -0.3 is 18.9 Å². The molecule has 0 fully saturated rings. The van der Waals surface area contributed by atoms with Gasteiger partial charge in [-0.1, -0.05) is 34.1 Å². The van der Waals surface area contributed by atoms with Gasteiger partial charge >= 0.3 is 23.9 Å². The van der Waals surface area contributed by atoms with E-state index in [1.807, 2.05) is 6.92 Å². The van der Waals surface area contributed by atoms with Crippen LogP contribution in [0.5, 0.6) is 0 Å². The summed E-state index contributed by atoms with van der Waals surface area (Å²) in [6.07, 6.45) is 3.91. The van der Waals surface area contributed by atoms with E-state index < -0.39 is 0 Å². The number of unbranched alkanes of at least 4 members (excludes halogenated alkanes) is 1. The van der Waals surface area contributed by atoms with Gasteiger partial charge in [-0.15, -0.1) is 0 Å². The minimum atomic E-state index is -0.211. The van der Waals surface area contributed by atoms with Gasteiger partial charge in [0.05, 0.1) is 26.4 Å². The highest BCUT2D eigenvalue weighted by molar-refractivity contribution is 5.66. The Kier molecular flexibility index (Phi) is 34.2. The molecule has 0 aliphatic heterocycles. The number of carbonyl (C=O) groups is 4. The van der Waals surface area contributed by atoms with Gasteiger partial charge in [0.15, 0.2) is 0 Å². The van der Waals surface area contributed by atoms with Gasteiger partial charge in [-0.2, -0.15) is 0 Å². The fourth-order valence-corrected chi connectivity index (χ4v) is 1.25. The third-order valence-corrected chi connectivity index (χ3v) is 2.66. The molecular weight excluding hydrogens is 392 g/mol. The Balaban J connectivity index is -0.000000152. The van der Waals surface area contributed by atoms with E-state index in [0.717, 1.165) is 25.7 Å². The predicted octanol–water partition coefficient (Wildman–Crippen LogP) is 4.47. The molecule has 180 valence electrons. The Bertz CT molecular complexity index is 419. The number of carbonyl (C=O) groups excluding carboxylic acids is 4. The van der Waals surface area contributed by atoms with Crippen LogP contribution in [-0.4, -0.2) is 50.3 Å². The second kappa shape index (κ2) is 29.1. The third-order valence-electron chi connectivity index (χ3n) is 2.66. The molecular formula is C22H44O8. The Morgan fingerprint density at radius 2 is 1.00 bits per heavy atom. The molecule has 0 rings (SSSR count). The fourth-order valence-electron chi connectivity index (χ4n) is 1.25. The quantitative estimate of drug-likeness (QED) is 0.296. The van der Waals surface area contributed by atoms with E-state index in [1.165, 1.54) is 27.7 Å². The maximum absolute atomic E-state index is 10.2. The third kappa shape index (κ3) is 63.5. The Morgan fingerprint density at radius 3 is 1.23 bits per heavy atom. The average molecular weight is 437 g/mol. The first-order chi connectivity index (χ1) is 13.9. The van der Waals surface area contributed by atoms with E-state index in [0.29, 0.717) is 32.3 Å². The van der Waals surface area contributed by atoms with Crippen molar-refractivity contribution in [3.63, 3.8) is 0 Å². The summed E-state index contributed by atoms with van der Waals surface area (Å²) in [4.78, 5) is 40.1. The van der Waals surface area contributed by atoms with Crippen molar-refractivity contribution < 1.29 is 38.1 Å². The van der Waals surface area contributed by atoms with Crippen LogP contribution >= 0.6 is 0 Å². The molecule has 0 N–H and O–H groups in total. The van der Waals surface area contributed by atoms with Gasteiger partial charge in [0, 0.05) is 27.7 Å². The largest absolute Gasteiger partial charge is 0.466 e. The van der Waals surface area contributed by atoms with Crippen molar-refractivity contribution in [3.05, 3.63) is 0 Å². The number of rotatable bonds is 9. The van der Waals surface area contributed by atoms with Crippen molar-refractivity contribution in [3.8, 4) is 0 Å². The molecule has 8 nitrogen and oxygen atoms in total. The smallest absolute Gasteiger partial charge is 0.302 e. The maximum Gasteiger partial charge on any atom is 0.302 e. The van der Waals surface area contributed by atoms with Crippen molar-refractivity contribution in [2.24, 2.45) is 5.92 Å². The molecule has 0 heterocycles. The van der Waals surface area contributed by atoms with Crippen molar-refractivity contribution in [1.29, 1.82) is 0 Å². The summed E-state index contributed by atoms with van der Waals surface area (Å²) in [5.41, 5.74) is 0. The van der Waals surface area contributed by atoms with Crippen molar-refractivity contribution in [2.45, 2.75) is 88.0 Å². The van der Waals surface area contributed by atoms with E-state index >= 15 is 0 Å². The van der Waals surface area contributed by atoms with Gasteiger partial charge in [-0.3, -0.25) is 19.2 Å². The summed E-state index contributed by atoms with van der Waals surface area (Å²) in [5.74, 6) is -0.155. The van der Waals surface area contributed by atoms with Crippen molar-refractivity contribution >= 4 is 23.9 Å². The predicted molar refractivity (Wildman–Crippen MR) is 117 cm³/mol. The molecule has 0 atom stereocenters. The highest BCUT2D eigenvalue weighted by Gasteiger charge is 1.95. The van der Waals surface area contributed by atoms with Crippen LogP contribution < -0.4 is 0 Å². The Morgan fingerprint density at radius 1 is 0.600 bits per heavy atom. The van der Waals surface area contributed by atoms with Crippen LogP contribution in [0.25, 0.3) is 0 Å². The molecule has 0 aliphatic rings. The molecule has 0 aromatic rings. The van der Waals surface area contributed by atoms with Crippen molar-refractivity contribution in [1.82, 2.24) is 0 Å². The van der Waals surface area contributed by atoms with E-state index in [1.54, 1.807) is 6.92 Å². The first kappa shape index (κ1) is 35.3.